The fourth-order valence-corrected chi connectivity index (χ4v) is 2.44. The fraction of sp³-hybridized carbons (Fsp3) is 0.571. The standard InChI is InChI=1S/C14H21FN2/c15-12-3-1-2-11(10-12)8-9-17-14-6-4-13(16)5-7-14/h1-3,10,13-14,17H,4-9,16H2. The molecule has 1 fully saturated rings. The second-order valence-corrected chi connectivity index (χ2v) is 4.95. The number of hydrogen-bond donors (Lipinski definition) is 2. The van der Waals surface area contributed by atoms with Gasteiger partial charge in [-0.25, -0.2) is 4.39 Å². The van der Waals surface area contributed by atoms with Crippen LogP contribution in [0.1, 0.15) is 31.2 Å². The summed E-state index contributed by atoms with van der Waals surface area (Å²) in [5.74, 6) is -0.147. The molecule has 1 saturated carbocycles. The van der Waals surface area contributed by atoms with Crippen LogP contribution in [0.25, 0.3) is 0 Å². The minimum Gasteiger partial charge on any atom is -0.328 e. The largest absolute Gasteiger partial charge is 0.328 e. The number of nitrogens with two attached hydrogens (primary N) is 1. The molecule has 0 radical (unpaired) electrons. The molecule has 0 bridgehead atoms. The number of rotatable bonds is 4. The minimum atomic E-state index is -0.147. The Morgan fingerprint density at radius 1 is 1.24 bits per heavy atom. The average Bonchev–Trinajstić information content (AvgIpc) is 2.32. The molecule has 1 aromatic rings. The predicted molar refractivity (Wildman–Crippen MR) is 68.3 cm³/mol. The van der Waals surface area contributed by atoms with Gasteiger partial charge in [-0.2, -0.15) is 0 Å². The summed E-state index contributed by atoms with van der Waals surface area (Å²) in [6.45, 7) is 0.920. The molecule has 1 aliphatic carbocycles. The summed E-state index contributed by atoms with van der Waals surface area (Å²) in [6.07, 6.45) is 5.48. The Morgan fingerprint density at radius 3 is 2.71 bits per heavy atom. The second kappa shape index (κ2) is 6.12. The third-order valence-corrected chi connectivity index (χ3v) is 3.51. The van der Waals surface area contributed by atoms with E-state index < -0.39 is 0 Å². The molecule has 17 heavy (non-hydrogen) atoms. The molecule has 0 heterocycles. The first-order valence-corrected chi connectivity index (χ1v) is 6.47. The summed E-state index contributed by atoms with van der Waals surface area (Å²) in [7, 11) is 0. The van der Waals surface area contributed by atoms with Gasteiger partial charge in [0.15, 0.2) is 0 Å². The van der Waals surface area contributed by atoms with E-state index in [1.165, 1.54) is 18.9 Å². The number of nitrogens with one attached hydrogen (secondary N) is 1. The van der Waals surface area contributed by atoms with E-state index in [1.807, 2.05) is 6.07 Å². The van der Waals surface area contributed by atoms with Crippen molar-refractivity contribution >= 4 is 0 Å². The molecule has 0 atom stereocenters. The summed E-state index contributed by atoms with van der Waals surface area (Å²) in [5.41, 5.74) is 6.92. The van der Waals surface area contributed by atoms with Crippen molar-refractivity contribution in [1.82, 2.24) is 5.32 Å². The van der Waals surface area contributed by atoms with Crippen LogP contribution in [-0.4, -0.2) is 18.6 Å². The van der Waals surface area contributed by atoms with Crippen molar-refractivity contribution in [3.05, 3.63) is 35.6 Å². The fourth-order valence-electron chi connectivity index (χ4n) is 2.44. The first-order valence-electron chi connectivity index (χ1n) is 6.47. The Bertz CT molecular complexity index is 346. The molecule has 0 amide bonds. The van der Waals surface area contributed by atoms with Crippen LogP contribution >= 0.6 is 0 Å². The van der Waals surface area contributed by atoms with E-state index in [0.29, 0.717) is 12.1 Å². The maximum absolute atomic E-state index is 13.0. The first-order chi connectivity index (χ1) is 8.24. The molecular formula is C14H21FN2. The average molecular weight is 236 g/mol. The molecule has 2 nitrogen and oxygen atoms in total. The second-order valence-electron chi connectivity index (χ2n) is 4.95. The molecule has 2 rings (SSSR count). The lowest BCUT2D eigenvalue weighted by Crippen LogP contribution is -2.38. The van der Waals surface area contributed by atoms with Gasteiger partial charge in [0.2, 0.25) is 0 Å². The van der Waals surface area contributed by atoms with Crippen molar-refractivity contribution in [2.75, 3.05) is 6.54 Å². The number of hydrogen-bond acceptors (Lipinski definition) is 2. The van der Waals surface area contributed by atoms with Crippen molar-refractivity contribution in [2.45, 2.75) is 44.2 Å². The zero-order valence-corrected chi connectivity index (χ0v) is 10.2. The third-order valence-electron chi connectivity index (χ3n) is 3.51. The van der Waals surface area contributed by atoms with E-state index in [-0.39, 0.29) is 5.82 Å². The molecule has 1 aromatic carbocycles. The van der Waals surface area contributed by atoms with Gasteiger partial charge in [0.05, 0.1) is 0 Å². The lowest BCUT2D eigenvalue weighted by atomic mass is 9.92. The molecule has 0 spiro atoms. The molecular weight excluding hydrogens is 215 g/mol. The minimum absolute atomic E-state index is 0.147. The Balaban J connectivity index is 1.69. The third kappa shape index (κ3) is 4.10. The van der Waals surface area contributed by atoms with Gasteiger partial charge in [-0.15, -0.1) is 0 Å². The maximum atomic E-state index is 13.0. The van der Waals surface area contributed by atoms with Gasteiger partial charge in [-0.05, 0) is 56.3 Å². The van der Waals surface area contributed by atoms with Crippen LogP contribution in [0, 0.1) is 5.82 Å². The normalized spacial score (nSPS) is 24.8. The van der Waals surface area contributed by atoms with Gasteiger partial charge in [-0.3, -0.25) is 0 Å². The highest BCUT2D eigenvalue weighted by Crippen LogP contribution is 2.16. The van der Waals surface area contributed by atoms with Crippen LogP contribution in [-0.2, 0) is 6.42 Å². The Labute approximate surface area is 102 Å². The van der Waals surface area contributed by atoms with Crippen molar-refractivity contribution in [3.63, 3.8) is 0 Å². The zero-order valence-electron chi connectivity index (χ0n) is 10.2. The molecule has 0 aliphatic heterocycles. The molecule has 0 aromatic heterocycles. The van der Waals surface area contributed by atoms with E-state index in [9.17, 15) is 4.39 Å². The van der Waals surface area contributed by atoms with Gasteiger partial charge in [0.25, 0.3) is 0 Å². The van der Waals surface area contributed by atoms with Gasteiger partial charge in [0, 0.05) is 12.1 Å². The predicted octanol–water partition coefficient (Wildman–Crippen LogP) is 2.23. The highest BCUT2D eigenvalue weighted by Gasteiger charge is 2.17. The molecule has 0 unspecified atom stereocenters. The first kappa shape index (κ1) is 12.5. The highest BCUT2D eigenvalue weighted by molar-refractivity contribution is 5.16. The van der Waals surface area contributed by atoms with Crippen LogP contribution in [0.5, 0.6) is 0 Å². The van der Waals surface area contributed by atoms with Gasteiger partial charge >= 0.3 is 0 Å². The molecule has 1 aliphatic rings. The monoisotopic (exact) mass is 236 g/mol. The van der Waals surface area contributed by atoms with Gasteiger partial charge in [0.1, 0.15) is 5.82 Å². The van der Waals surface area contributed by atoms with Crippen LogP contribution in [0.4, 0.5) is 4.39 Å². The van der Waals surface area contributed by atoms with Crippen molar-refractivity contribution in [1.29, 1.82) is 0 Å². The highest BCUT2D eigenvalue weighted by atomic mass is 19.1. The maximum Gasteiger partial charge on any atom is 0.123 e. The Hall–Kier alpha value is -0.930. The lowest BCUT2D eigenvalue weighted by molar-refractivity contribution is 0.344. The van der Waals surface area contributed by atoms with Crippen molar-refractivity contribution in [3.8, 4) is 0 Å². The molecule has 94 valence electrons. The smallest absolute Gasteiger partial charge is 0.123 e. The van der Waals surface area contributed by atoms with Crippen LogP contribution in [0.3, 0.4) is 0 Å². The summed E-state index contributed by atoms with van der Waals surface area (Å²) < 4.78 is 13.0. The van der Waals surface area contributed by atoms with E-state index in [2.05, 4.69) is 5.32 Å². The van der Waals surface area contributed by atoms with E-state index in [4.69, 9.17) is 5.73 Å². The molecule has 3 N–H and O–H groups in total. The van der Waals surface area contributed by atoms with Crippen LogP contribution in [0.2, 0.25) is 0 Å². The molecule has 3 heteroatoms. The van der Waals surface area contributed by atoms with Gasteiger partial charge < -0.3 is 11.1 Å². The zero-order chi connectivity index (χ0) is 12.1. The van der Waals surface area contributed by atoms with E-state index >= 15 is 0 Å². The van der Waals surface area contributed by atoms with Crippen molar-refractivity contribution < 1.29 is 4.39 Å². The Morgan fingerprint density at radius 2 is 2.00 bits per heavy atom. The van der Waals surface area contributed by atoms with Gasteiger partial charge in [-0.1, -0.05) is 12.1 Å². The number of benzene rings is 1. The summed E-state index contributed by atoms with van der Waals surface area (Å²) in [5, 5.41) is 3.53. The Kier molecular flexibility index (Phi) is 4.51. The van der Waals surface area contributed by atoms with Crippen molar-refractivity contribution in [2.24, 2.45) is 5.73 Å². The van der Waals surface area contributed by atoms with E-state index in [0.717, 1.165) is 31.4 Å². The SMILES string of the molecule is NC1CCC(NCCc2cccc(F)c2)CC1. The lowest BCUT2D eigenvalue weighted by Gasteiger charge is -2.26. The molecule has 0 saturated heterocycles. The van der Waals surface area contributed by atoms with Crippen LogP contribution < -0.4 is 11.1 Å². The number of halogens is 1. The quantitative estimate of drug-likeness (QED) is 0.841. The summed E-state index contributed by atoms with van der Waals surface area (Å²) >= 11 is 0. The van der Waals surface area contributed by atoms with E-state index in [1.54, 1.807) is 12.1 Å². The summed E-state index contributed by atoms with van der Waals surface area (Å²) in [6, 6.07) is 7.84. The summed E-state index contributed by atoms with van der Waals surface area (Å²) in [4.78, 5) is 0. The van der Waals surface area contributed by atoms with Crippen LogP contribution in [0.15, 0.2) is 24.3 Å². The topological polar surface area (TPSA) is 38.0 Å².